The lowest BCUT2D eigenvalue weighted by Gasteiger charge is -2.27. The molecule has 6 nitrogen and oxygen atoms in total. The maximum Gasteiger partial charge on any atom is 0.303 e. The first-order valence-corrected chi connectivity index (χ1v) is 9.67. The van der Waals surface area contributed by atoms with Crippen molar-refractivity contribution in [3.05, 3.63) is 28.7 Å². The van der Waals surface area contributed by atoms with Crippen molar-refractivity contribution in [3.63, 3.8) is 0 Å². The molecule has 128 valence electrons. The van der Waals surface area contributed by atoms with E-state index in [4.69, 9.17) is 5.11 Å². The summed E-state index contributed by atoms with van der Waals surface area (Å²) >= 11 is 5.19. The number of nitrogens with zero attached hydrogens (tertiary/aromatic N) is 4. The Labute approximate surface area is 153 Å². The fraction of sp³-hybridized carbons (Fsp3) is 0.438. The van der Waals surface area contributed by atoms with E-state index in [1.54, 1.807) is 11.8 Å². The number of carboxylic acid groups (broad SMARTS) is 1. The number of aromatic nitrogens is 3. The predicted molar refractivity (Wildman–Crippen MR) is 96.7 cm³/mol. The molecule has 0 bridgehead atoms. The minimum Gasteiger partial charge on any atom is -0.481 e. The van der Waals surface area contributed by atoms with Gasteiger partial charge in [-0.15, -0.1) is 10.2 Å². The van der Waals surface area contributed by atoms with E-state index in [2.05, 4.69) is 35.6 Å². The molecule has 1 aromatic carbocycles. The van der Waals surface area contributed by atoms with Crippen molar-refractivity contribution in [1.82, 2.24) is 19.7 Å². The third kappa shape index (κ3) is 4.37. The van der Waals surface area contributed by atoms with Crippen LogP contribution in [0.3, 0.4) is 0 Å². The summed E-state index contributed by atoms with van der Waals surface area (Å²) in [5.74, 6) is 1.07. The second-order valence-electron chi connectivity index (χ2n) is 5.76. The first-order chi connectivity index (χ1) is 11.6. The van der Waals surface area contributed by atoms with Crippen LogP contribution in [0.15, 0.2) is 33.9 Å². The Bertz CT molecular complexity index is 722. The molecule has 0 fully saturated rings. The molecule has 1 aliphatic rings. The number of halogens is 1. The van der Waals surface area contributed by atoms with Gasteiger partial charge in [0.2, 0.25) is 0 Å². The smallest absolute Gasteiger partial charge is 0.303 e. The van der Waals surface area contributed by atoms with E-state index in [0.29, 0.717) is 0 Å². The summed E-state index contributed by atoms with van der Waals surface area (Å²) in [7, 11) is 0. The minimum atomic E-state index is -0.712. The Kier molecular flexibility index (Phi) is 5.91. The number of hydrogen-bond acceptors (Lipinski definition) is 5. The Morgan fingerprint density at radius 2 is 2.17 bits per heavy atom. The van der Waals surface area contributed by atoms with Gasteiger partial charge in [-0.2, -0.15) is 0 Å². The van der Waals surface area contributed by atoms with Gasteiger partial charge in [-0.05, 0) is 25.0 Å². The largest absolute Gasteiger partial charge is 0.481 e. The van der Waals surface area contributed by atoms with Crippen LogP contribution >= 0.6 is 27.7 Å². The summed E-state index contributed by atoms with van der Waals surface area (Å²) in [5.41, 5.74) is 1.05. The molecule has 0 spiro atoms. The molecule has 1 N–H and O–H groups in total. The molecule has 24 heavy (non-hydrogen) atoms. The van der Waals surface area contributed by atoms with Crippen LogP contribution < -0.4 is 0 Å². The molecule has 0 radical (unpaired) electrons. The zero-order chi connectivity index (χ0) is 16.9. The molecular formula is C16H19BrN4O2S. The lowest BCUT2D eigenvalue weighted by Crippen LogP contribution is -2.31. The number of carbonyl (C=O) groups is 1. The minimum absolute atomic E-state index is 0.261. The molecule has 0 saturated carbocycles. The highest BCUT2D eigenvalue weighted by molar-refractivity contribution is 9.10. The number of rotatable bonds is 7. The summed E-state index contributed by atoms with van der Waals surface area (Å²) in [6, 6.07) is 8.08. The SMILES string of the molecule is O=C(O)CCCCCN1CSc2nnc(-c3cccc(Br)c3)n2C1. The van der Waals surface area contributed by atoms with Gasteiger partial charge < -0.3 is 5.11 Å². The molecule has 0 amide bonds. The fourth-order valence-corrected chi connectivity index (χ4v) is 3.98. The maximum atomic E-state index is 10.5. The van der Waals surface area contributed by atoms with Crippen molar-refractivity contribution < 1.29 is 9.90 Å². The average Bonchev–Trinajstić information content (AvgIpc) is 2.97. The molecule has 0 saturated heterocycles. The molecule has 0 aliphatic carbocycles. The topological polar surface area (TPSA) is 71.2 Å². The second-order valence-corrected chi connectivity index (χ2v) is 7.59. The van der Waals surface area contributed by atoms with Crippen LogP contribution in [0.2, 0.25) is 0 Å². The lowest BCUT2D eigenvalue weighted by atomic mass is 10.2. The van der Waals surface area contributed by atoms with Crippen molar-refractivity contribution in [3.8, 4) is 11.4 Å². The van der Waals surface area contributed by atoms with E-state index in [0.717, 1.165) is 59.4 Å². The second kappa shape index (κ2) is 8.13. The highest BCUT2D eigenvalue weighted by Crippen LogP contribution is 2.30. The van der Waals surface area contributed by atoms with Crippen LogP contribution in [0.25, 0.3) is 11.4 Å². The molecule has 2 heterocycles. The highest BCUT2D eigenvalue weighted by atomic mass is 79.9. The molecule has 1 aliphatic heterocycles. The number of benzene rings is 1. The quantitative estimate of drug-likeness (QED) is 0.701. The van der Waals surface area contributed by atoms with Crippen molar-refractivity contribution in [2.45, 2.75) is 37.5 Å². The zero-order valence-corrected chi connectivity index (χ0v) is 15.6. The number of fused-ring (bicyclic) bond motifs is 1. The number of hydrogen-bond donors (Lipinski definition) is 1. The summed E-state index contributed by atoms with van der Waals surface area (Å²) in [6.45, 7) is 1.73. The van der Waals surface area contributed by atoms with Crippen LogP contribution in [0.5, 0.6) is 0 Å². The third-order valence-corrected chi connectivity index (χ3v) is 5.43. The molecular weight excluding hydrogens is 392 g/mol. The Hall–Kier alpha value is -1.38. The van der Waals surface area contributed by atoms with Crippen molar-refractivity contribution >= 4 is 33.7 Å². The first-order valence-electron chi connectivity index (χ1n) is 7.89. The van der Waals surface area contributed by atoms with Gasteiger partial charge >= 0.3 is 5.97 Å². The van der Waals surface area contributed by atoms with Gasteiger partial charge in [-0.25, -0.2) is 0 Å². The van der Waals surface area contributed by atoms with Gasteiger partial charge in [0.1, 0.15) is 0 Å². The van der Waals surface area contributed by atoms with Crippen molar-refractivity contribution in [2.75, 3.05) is 12.4 Å². The van der Waals surface area contributed by atoms with Gasteiger partial charge in [0.15, 0.2) is 11.0 Å². The number of aliphatic carboxylic acids is 1. The van der Waals surface area contributed by atoms with E-state index in [9.17, 15) is 4.79 Å². The normalized spacial score (nSPS) is 14.5. The maximum absolute atomic E-state index is 10.5. The van der Waals surface area contributed by atoms with Gasteiger partial charge in [-0.1, -0.05) is 46.2 Å². The number of unbranched alkanes of at least 4 members (excludes halogenated alkanes) is 2. The molecule has 3 rings (SSSR count). The van der Waals surface area contributed by atoms with Crippen LogP contribution in [-0.2, 0) is 11.5 Å². The number of carboxylic acids is 1. The molecule has 1 aromatic heterocycles. The molecule has 0 unspecified atom stereocenters. The van der Waals surface area contributed by atoms with Crippen LogP contribution in [0, 0.1) is 0 Å². The van der Waals surface area contributed by atoms with Gasteiger partial charge in [0.05, 0.1) is 12.5 Å². The third-order valence-electron chi connectivity index (χ3n) is 3.88. The van der Waals surface area contributed by atoms with Gasteiger partial charge in [0.25, 0.3) is 0 Å². The standard InChI is InChI=1S/C16H19BrN4O2S/c17-13-6-4-5-12(9-13)15-18-19-16-21(15)10-20(11-24-16)8-3-1-2-7-14(22)23/h4-6,9H,1-3,7-8,10-11H2,(H,22,23). The number of thioether (sulfide) groups is 1. The summed E-state index contributed by atoms with van der Waals surface area (Å²) in [6.07, 6.45) is 2.97. The van der Waals surface area contributed by atoms with Gasteiger partial charge in [-0.3, -0.25) is 14.3 Å². The van der Waals surface area contributed by atoms with E-state index >= 15 is 0 Å². The Morgan fingerprint density at radius 3 is 2.96 bits per heavy atom. The monoisotopic (exact) mass is 410 g/mol. The molecule has 2 aromatic rings. The first kappa shape index (κ1) is 17.4. The zero-order valence-electron chi connectivity index (χ0n) is 13.2. The summed E-state index contributed by atoms with van der Waals surface area (Å²) in [4.78, 5) is 12.9. The van der Waals surface area contributed by atoms with Crippen molar-refractivity contribution in [2.24, 2.45) is 0 Å². The van der Waals surface area contributed by atoms with Crippen LogP contribution in [0.1, 0.15) is 25.7 Å². The average molecular weight is 411 g/mol. The van der Waals surface area contributed by atoms with Crippen molar-refractivity contribution in [1.29, 1.82) is 0 Å². The predicted octanol–water partition coefficient (Wildman–Crippen LogP) is 3.68. The fourth-order valence-electron chi connectivity index (χ4n) is 2.68. The van der Waals surface area contributed by atoms with E-state index < -0.39 is 5.97 Å². The van der Waals surface area contributed by atoms with E-state index in [1.165, 1.54) is 0 Å². The summed E-state index contributed by atoms with van der Waals surface area (Å²) < 4.78 is 3.17. The van der Waals surface area contributed by atoms with E-state index in [-0.39, 0.29) is 6.42 Å². The van der Waals surface area contributed by atoms with Gasteiger partial charge in [0, 0.05) is 23.0 Å². The molecule has 8 heteroatoms. The lowest BCUT2D eigenvalue weighted by molar-refractivity contribution is -0.137. The van der Waals surface area contributed by atoms with Crippen LogP contribution in [-0.4, -0.2) is 43.2 Å². The van der Waals surface area contributed by atoms with Crippen LogP contribution in [0.4, 0.5) is 0 Å². The van der Waals surface area contributed by atoms with E-state index in [1.807, 2.05) is 24.3 Å². The highest BCUT2D eigenvalue weighted by Gasteiger charge is 2.22. The summed E-state index contributed by atoms with van der Waals surface area (Å²) in [5, 5.41) is 18.3. The Balaban J connectivity index is 1.61. The molecule has 0 atom stereocenters. The Morgan fingerprint density at radius 1 is 1.29 bits per heavy atom.